The maximum atomic E-state index is 10.8. The van der Waals surface area contributed by atoms with Gasteiger partial charge in [-0.2, -0.15) is 0 Å². The number of thiophene rings is 1. The minimum absolute atomic E-state index is 0.138. The molecule has 3 heteroatoms. The van der Waals surface area contributed by atoms with Gasteiger partial charge < -0.3 is 5.11 Å². The summed E-state index contributed by atoms with van der Waals surface area (Å²) < 4.78 is 0. The molecule has 0 bridgehead atoms. The number of hydrogen-bond donors (Lipinski definition) is 1. The molecule has 2 rings (SSSR count). The van der Waals surface area contributed by atoms with E-state index in [-0.39, 0.29) is 5.41 Å². The lowest BCUT2D eigenvalue weighted by molar-refractivity contribution is 0.0702. The Labute approximate surface area is 111 Å². The van der Waals surface area contributed by atoms with E-state index in [1.54, 1.807) is 6.07 Å². The van der Waals surface area contributed by atoms with Crippen molar-refractivity contribution in [3.8, 4) is 11.1 Å². The van der Waals surface area contributed by atoms with E-state index in [1.165, 1.54) is 16.9 Å². The summed E-state index contributed by atoms with van der Waals surface area (Å²) in [5, 5.41) is 10.8. The third-order valence-electron chi connectivity index (χ3n) is 2.89. The Morgan fingerprint density at radius 2 is 1.72 bits per heavy atom. The van der Waals surface area contributed by atoms with Gasteiger partial charge in [0, 0.05) is 0 Å². The summed E-state index contributed by atoms with van der Waals surface area (Å²) in [5.74, 6) is -0.863. The largest absolute Gasteiger partial charge is 0.477 e. The Morgan fingerprint density at radius 1 is 1.11 bits per heavy atom. The summed E-state index contributed by atoms with van der Waals surface area (Å²) >= 11 is 1.26. The second-order valence-corrected chi connectivity index (χ2v) is 6.24. The van der Waals surface area contributed by atoms with E-state index in [0.717, 1.165) is 11.1 Å². The van der Waals surface area contributed by atoms with Crippen molar-refractivity contribution >= 4 is 17.3 Å². The molecule has 0 aliphatic heterocycles. The maximum absolute atomic E-state index is 10.8. The van der Waals surface area contributed by atoms with Gasteiger partial charge in [0.2, 0.25) is 0 Å². The molecule has 0 saturated carbocycles. The van der Waals surface area contributed by atoms with Crippen molar-refractivity contribution < 1.29 is 9.90 Å². The van der Waals surface area contributed by atoms with Crippen LogP contribution >= 0.6 is 11.3 Å². The molecule has 0 radical (unpaired) electrons. The van der Waals surface area contributed by atoms with Crippen molar-refractivity contribution in [2.75, 3.05) is 0 Å². The van der Waals surface area contributed by atoms with Crippen LogP contribution < -0.4 is 0 Å². The summed E-state index contributed by atoms with van der Waals surface area (Å²) in [6.45, 7) is 6.53. The minimum atomic E-state index is -0.863. The van der Waals surface area contributed by atoms with Crippen LogP contribution in [0.1, 0.15) is 36.0 Å². The molecule has 2 aromatic rings. The minimum Gasteiger partial charge on any atom is -0.477 e. The lowest BCUT2D eigenvalue weighted by Gasteiger charge is -2.19. The topological polar surface area (TPSA) is 37.3 Å². The fourth-order valence-electron chi connectivity index (χ4n) is 1.76. The molecule has 0 atom stereocenters. The summed E-state index contributed by atoms with van der Waals surface area (Å²) in [5.41, 5.74) is 3.45. The number of hydrogen-bond acceptors (Lipinski definition) is 2. The Bertz CT molecular complexity index is 559. The van der Waals surface area contributed by atoms with Gasteiger partial charge in [-0.25, -0.2) is 4.79 Å². The number of carbonyl (C=O) groups is 1. The lowest BCUT2D eigenvalue weighted by atomic mass is 9.86. The van der Waals surface area contributed by atoms with Crippen molar-refractivity contribution in [1.82, 2.24) is 0 Å². The molecule has 1 N–H and O–H groups in total. The predicted octanol–water partition coefficient (Wildman–Crippen LogP) is 4.41. The van der Waals surface area contributed by atoms with Gasteiger partial charge in [-0.15, -0.1) is 11.3 Å². The second kappa shape index (κ2) is 4.58. The molecule has 1 aromatic heterocycles. The smallest absolute Gasteiger partial charge is 0.345 e. The number of rotatable bonds is 2. The van der Waals surface area contributed by atoms with Crippen molar-refractivity contribution in [1.29, 1.82) is 0 Å². The van der Waals surface area contributed by atoms with Crippen LogP contribution in [-0.4, -0.2) is 11.1 Å². The molecular formula is C15H16O2S. The van der Waals surface area contributed by atoms with E-state index in [4.69, 9.17) is 5.11 Å². The van der Waals surface area contributed by atoms with Gasteiger partial charge in [-0.1, -0.05) is 45.0 Å². The average Bonchev–Trinajstić information content (AvgIpc) is 2.77. The molecule has 0 aliphatic rings. The first-order chi connectivity index (χ1) is 8.38. The molecular weight excluding hydrogens is 244 g/mol. The fourth-order valence-corrected chi connectivity index (χ4v) is 2.52. The maximum Gasteiger partial charge on any atom is 0.345 e. The Kier molecular flexibility index (Phi) is 3.26. The molecule has 0 fully saturated rings. The molecule has 2 nitrogen and oxygen atoms in total. The quantitative estimate of drug-likeness (QED) is 0.868. The van der Waals surface area contributed by atoms with Crippen LogP contribution in [0, 0.1) is 0 Å². The van der Waals surface area contributed by atoms with Crippen molar-refractivity contribution in [3.63, 3.8) is 0 Å². The molecule has 0 amide bonds. The van der Waals surface area contributed by atoms with E-state index in [9.17, 15) is 4.79 Å². The molecule has 0 unspecified atom stereocenters. The van der Waals surface area contributed by atoms with E-state index in [2.05, 4.69) is 32.9 Å². The summed E-state index contributed by atoms with van der Waals surface area (Å²) in [6.07, 6.45) is 0. The van der Waals surface area contributed by atoms with E-state index < -0.39 is 5.97 Å². The molecule has 1 heterocycles. The highest BCUT2D eigenvalue weighted by atomic mass is 32.1. The first-order valence-corrected chi connectivity index (χ1v) is 6.68. The van der Waals surface area contributed by atoms with E-state index in [0.29, 0.717) is 4.88 Å². The zero-order valence-electron chi connectivity index (χ0n) is 10.7. The molecule has 18 heavy (non-hydrogen) atoms. The monoisotopic (exact) mass is 260 g/mol. The van der Waals surface area contributed by atoms with Gasteiger partial charge >= 0.3 is 5.97 Å². The van der Waals surface area contributed by atoms with Crippen LogP contribution in [0.4, 0.5) is 0 Å². The number of carboxylic acid groups (broad SMARTS) is 1. The SMILES string of the molecule is CC(C)(C)c1ccc(-c2csc(C(=O)O)c2)cc1. The standard InChI is InChI=1S/C15H16O2S/c1-15(2,3)12-6-4-10(5-7-12)11-8-13(14(16)17)18-9-11/h4-9H,1-3H3,(H,16,17). The van der Waals surface area contributed by atoms with Gasteiger partial charge in [-0.05, 0) is 33.6 Å². The normalized spacial score (nSPS) is 11.5. The number of benzene rings is 1. The van der Waals surface area contributed by atoms with Crippen LogP contribution in [0.5, 0.6) is 0 Å². The van der Waals surface area contributed by atoms with E-state index >= 15 is 0 Å². The first-order valence-electron chi connectivity index (χ1n) is 5.80. The first kappa shape index (κ1) is 12.8. The highest BCUT2D eigenvalue weighted by molar-refractivity contribution is 7.12. The van der Waals surface area contributed by atoms with Gasteiger partial charge in [0.05, 0.1) is 0 Å². The van der Waals surface area contributed by atoms with Crippen molar-refractivity contribution in [2.45, 2.75) is 26.2 Å². The fraction of sp³-hybridized carbons (Fsp3) is 0.267. The zero-order valence-corrected chi connectivity index (χ0v) is 11.5. The van der Waals surface area contributed by atoms with Crippen LogP contribution in [0.2, 0.25) is 0 Å². The highest BCUT2D eigenvalue weighted by Crippen LogP contribution is 2.28. The molecule has 0 saturated heterocycles. The lowest BCUT2D eigenvalue weighted by Crippen LogP contribution is -2.10. The predicted molar refractivity (Wildman–Crippen MR) is 75.4 cm³/mol. The van der Waals surface area contributed by atoms with Gasteiger partial charge in [0.25, 0.3) is 0 Å². The second-order valence-electron chi connectivity index (χ2n) is 5.33. The summed E-state index contributed by atoms with van der Waals surface area (Å²) in [6, 6.07) is 10.0. The highest BCUT2D eigenvalue weighted by Gasteiger charge is 2.13. The molecule has 1 aromatic carbocycles. The summed E-state index contributed by atoms with van der Waals surface area (Å²) in [4.78, 5) is 11.2. The summed E-state index contributed by atoms with van der Waals surface area (Å²) in [7, 11) is 0. The molecule has 0 aliphatic carbocycles. The van der Waals surface area contributed by atoms with Gasteiger partial charge in [-0.3, -0.25) is 0 Å². The molecule has 94 valence electrons. The molecule has 0 spiro atoms. The van der Waals surface area contributed by atoms with Gasteiger partial charge in [0.1, 0.15) is 4.88 Å². The van der Waals surface area contributed by atoms with E-state index in [1.807, 2.05) is 17.5 Å². The number of carboxylic acids is 1. The van der Waals surface area contributed by atoms with Gasteiger partial charge in [0.15, 0.2) is 0 Å². The van der Waals surface area contributed by atoms with Crippen LogP contribution in [-0.2, 0) is 5.41 Å². The van der Waals surface area contributed by atoms with Crippen LogP contribution in [0.3, 0.4) is 0 Å². The Hall–Kier alpha value is -1.61. The van der Waals surface area contributed by atoms with Crippen molar-refractivity contribution in [3.05, 3.63) is 46.2 Å². The third kappa shape index (κ3) is 2.62. The van der Waals surface area contributed by atoms with Crippen LogP contribution in [0.25, 0.3) is 11.1 Å². The number of aromatic carboxylic acids is 1. The van der Waals surface area contributed by atoms with Crippen LogP contribution in [0.15, 0.2) is 35.7 Å². The van der Waals surface area contributed by atoms with Crippen molar-refractivity contribution in [2.24, 2.45) is 0 Å². The zero-order chi connectivity index (χ0) is 13.3. The average molecular weight is 260 g/mol. The Balaban J connectivity index is 2.31. The Morgan fingerprint density at radius 3 is 2.17 bits per heavy atom. The third-order valence-corrected chi connectivity index (χ3v) is 3.81.